The number of rotatable bonds is 8. The zero-order chi connectivity index (χ0) is 26.1. The van der Waals surface area contributed by atoms with E-state index in [1.54, 1.807) is 0 Å². The first-order valence-electron chi connectivity index (χ1n) is 13.3. The molecule has 36 heavy (non-hydrogen) atoms. The van der Waals surface area contributed by atoms with Gasteiger partial charge in [0.15, 0.2) is 5.78 Å². The number of nitrogens with zero attached hydrogens (tertiary/aromatic N) is 1. The average Bonchev–Trinajstić information content (AvgIpc) is 3.66. The summed E-state index contributed by atoms with van der Waals surface area (Å²) in [5.41, 5.74) is 8.60. The Labute approximate surface area is 215 Å². The molecule has 2 aromatic carbocycles. The van der Waals surface area contributed by atoms with Crippen molar-refractivity contribution in [1.29, 1.82) is 0 Å². The molecule has 5 rings (SSSR count). The quantitative estimate of drug-likeness (QED) is 0.347. The highest BCUT2D eigenvalue weighted by Gasteiger charge is 2.52. The van der Waals surface area contributed by atoms with Crippen LogP contribution in [0.3, 0.4) is 0 Å². The molecular weight excluding hydrogens is 446 g/mol. The topological polar surface area (TPSA) is 67.3 Å². The Morgan fingerprint density at radius 2 is 1.83 bits per heavy atom. The van der Waals surface area contributed by atoms with Crippen LogP contribution in [0.1, 0.15) is 98.0 Å². The van der Waals surface area contributed by atoms with Gasteiger partial charge in [-0.25, -0.2) is 0 Å². The fourth-order valence-corrected chi connectivity index (χ4v) is 5.37. The lowest BCUT2D eigenvalue weighted by molar-refractivity contribution is -0.0980. The van der Waals surface area contributed by atoms with Gasteiger partial charge in [-0.15, -0.1) is 0 Å². The molecule has 2 aliphatic rings. The number of benzene rings is 2. The Bertz CT molecular complexity index is 1150. The number of aromatic nitrogens is 1. The minimum Gasteiger partial charge on any atom is -0.396 e. The van der Waals surface area contributed by atoms with E-state index in [-0.39, 0.29) is 18.3 Å². The number of carbonyl (C=O) groups excluding carboxylic acids is 2. The predicted molar refractivity (Wildman–Crippen MR) is 147 cm³/mol. The molecule has 1 atom stereocenters. The number of carbonyl (C=O) groups is 2. The van der Waals surface area contributed by atoms with Crippen LogP contribution in [0.2, 0.25) is 0 Å². The molecule has 1 heterocycles. The summed E-state index contributed by atoms with van der Waals surface area (Å²) in [5, 5.41) is 9.07. The van der Waals surface area contributed by atoms with Crippen LogP contribution in [-0.4, -0.2) is 29.3 Å². The van der Waals surface area contributed by atoms with Crippen LogP contribution in [0.4, 0.5) is 0 Å². The number of aliphatic hydroxyl groups excluding tert-OH is 1. The van der Waals surface area contributed by atoms with Crippen molar-refractivity contribution in [3.8, 4) is 11.1 Å². The standard InChI is InChI=1S/C29H31NO2.C2H6.CH2O/c1-2-5-20-6-3-7-21(16-20)23-10-12-27(30-19-23)25-18-29(13-14-29)26-11-9-22(17-24(25)26)28(32)8-4-15-31;2*1-2/h3,6-7,9-12,16-17,19,25,31H,2,4-5,8,13-15,18H2,1H3;1-2H3;1H2. The second-order valence-electron chi connectivity index (χ2n) is 9.51. The zero-order valence-corrected chi connectivity index (χ0v) is 21.9. The number of ketones is 1. The average molecular weight is 486 g/mol. The zero-order valence-electron chi connectivity index (χ0n) is 21.9. The van der Waals surface area contributed by atoms with Crippen LogP contribution in [0.5, 0.6) is 0 Å². The van der Waals surface area contributed by atoms with Gasteiger partial charge in [0.05, 0.1) is 0 Å². The lowest BCUT2D eigenvalue weighted by Crippen LogP contribution is -2.04. The minimum atomic E-state index is 0.0556. The van der Waals surface area contributed by atoms with Crippen LogP contribution in [-0.2, 0) is 16.6 Å². The summed E-state index contributed by atoms with van der Waals surface area (Å²) in [6, 6.07) is 19.4. The van der Waals surface area contributed by atoms with Crippen molar-refractivity contribution in [3.05, 3.63) is 88.7 Å². The Kier molecular flexibility index (Phi) is 9.72. The van der Waals surface area contributed by atoms with Crippen molar-refractivity contribution in [2.24, 2.45) is 0 Å². The van der Waals surface area contributed by atoms with E-state index in [4.69, 9.17) is 14.9 Å². The number of hydrogen-bond donors (Lipinski definition) is 1. The molecule has 1 aromatic heterocycles. The molecule has 0 amide bonds. The fraction of sp³-hybridized carbons (Fsp3) is 0.406. The van der Waals surface area contributed by atoms with Gasteiger partial charge in [-0.05, 0) is 71.9 Å². The van der Waals surface area contributed by atoms with Gasteiger partial charge in [0.25, 0.3) is 0 Å². The van der Waals surface area contributed by atoms with E-state index in [1.807, 2.05) is 32.9 Å². The number of fused-ring (bicyclic) bond motifs is 2. The summed E-state index contributed by atoms with van der Waals surface area (Å²) < 4.78 is 0. The number of aryl methyl sites for hydroxylation is 1. The van der Waals surface area contributed by atoms with Gasteiger partial charge in [0.1, 0.15) is 6.79 Å². The molecule has 1 saturated carbocycles. The maximum Gasteiger partial charge on any atom is 0.162 e. The normalized spacial score (nSPS) is 16.3. The molecule has 1 spiro atoms. The highest BCUT2D eigenvalue weighted by molar-refractivity contribution is 5.96. The van der Waals surface area contributed by atoms with Crippen LogP contribution >= 0.6 is 0 Å². The highest BCUT2D eigenvalue weighted by Crippen LogP contribution is 2.61. The molecule has 190 valence electrons. The first-order valence-corrected chi connectivity index (χ1v) is 13.3. The molecule has 1 fully saturated rings. The summed E-state index contributed by atoms with van der Waals surface area (Å²) in [6.45, 7) is 8.26. The van der Waals surface area contributed by atoms with E-state index in [2.05, 4.69) is 55.5 Å². The first-order chi connectivity index (χ1) is 17.6. The lowest BCUT2D eigenvalue weighted by atomic mass is 9.93. The van der Waals surface area contributed by atoms with E-state index < -0.39 is 0 Å². The van der Waals surface area contributed by atoms with Gasteiger partial charge in [-0.2, -0.15) is 0 Å². The van der Waals surface area contributed by atoms with Gasteiger partial charge in [-0.1, -0.05) is 69.7 Å². The minimum absolute atomic E-state index is 0.0556. The largest absolute Gasteiger partial charge is 0.396 e. The van der Waals surface area contributed by atoms with Gasteiger partial charge in [0.2, 0.25) is 0 Å². The Morgan fingerprint density at radius 3 is 2.47 bits per heavy atom. The fourth-order valence-electron chi connectivity index (χ4n) is 5.37. The summed E-state index contributed by atoms with van der Waals surface area (Å²) in [5.74, 6) is 0.367. The van der Waals surface area contributed by atoms with Crippen LogP contribution in [0.15, 0.2) is 60.8 Å². The lowest BCUT2D eigenvalue weighted by Gasteiger charge is -2.13. The number of pyridine rings is 1. The monoisotopic (exact) mass is 485 g/mol. The number of Topliss-reactive ketones (excluding diaryl/α,β-unsaturated/α-hetero) is 1. The SMILES string of the molecule is C=O.CC.CCCc1cccc(-c2ccc(C3CC4(CC4)c4ccc(C(=O)CCCO)cc43)nc2)c1. The molecule has 0 radical (unpaired) electrons. The van der Waals surface area contributed by atoms with E-state index in [1.165, 1.54) is 35.1 Å². The summed E-state index contributed by atoms with van der Waals surface area (Å²) in [4.78, 5) is 25.5. The highest BCUT2D eigenvalue weighted by atomic mass is 16.3. The van der Waals surface area contributed by atoms with Crippen molar-refractivity contribution in [3.63, 3.8) is 0 Å². The maximum atomic E-state index is 12.6. The molecule has 0 aliphatic heterocycles. The third kappa shape index (κ3) is 5.82. The third-order valence-electron chi connectivity index (χ3n) is 7.27. The van der Waals surface area contributed by atoms with Gasteiger partial charge in [-0.3, -0.25) is 9.78 Å². The van der Waals surface area contributed by atoms with Crippen molar-refractivity contribution in [2.75, 3.05) is 6.61 Å². The molecule has 1 unspecified atom stereocenters. The van der Waals surface area contributed by atoms with Gasteiger partial charge >= 0.3 is 0 Å². The van der Waals surface area contributed by atoms with E-state index in [0.29, 0.717) is 18.3 Å². The maximum absolute atomic E-state index is 12.6. The molecule has 4 nitrogen and oxygen atoms in total. The Hall–Kier alpha value is -3.11. The van der Waals surface area contributed by atoms with Crippen LogP contribution in [0.25, 0.3) is 11.1 Å². The summed E-state index contributed by atoms with van der Waals surface area (Å²) >= 11 is 0. The second-order valence-corrected chi connectivity index (χ2v) is 9.51. The molecule has 2 aliphatic carbocycles. The smallest absolute Gasteiger partial charge is 0.162 e. The number of aliphatic hydroxyl groups is 1. The molecule has 4 heteroatoms. The summed E-state index contributed by atoms with van der Waals surface area (Å²) in [6.07, 6.45) is 8.73. The van der Waals surface area contributed by atoms with Gasteiger partial charge in [0, 0.05) is 42.0 Å². The van der Waals surface area contributed by atoms with Crippen LogP contribution < -0.4 is 0 Å². The summed E-state index contributed by atoms with van der Waals surface area (Å²) in [7, 11) is 0. The number of hydrogen-bond acceptors (Lipinski definition) is 4. The van der Waals surface area contributed by atoms with Crippen molar-refractivity contribution < 1.29 is 14.7 Å². The molecule has 0 saturated heterocycles. The van der Waals surface area contributed by atoms with E-state index in [9.17, 15) is 4.79 Å². The molecule has 0 bridgehead atoms. The predicted octanol–water partition coefficient (Wildman–Crippen LogP) is 7.06. The molecule has 1 N–H and O–H groups in total. The Balaban J connectivity index is 0.000000861. The van der Waals surface area contributed by atoms with Crippen molar-refractivity contribution in [1.82, 2.24) is 4.98 Å². The van der Waals surface area contributed by atoms with E-state index >= 15 is 0 Å². The first kappa shape index (κ1) is 27.5. The van der Waals surface area contributed by atoms with E-state index in [0.717, 1.165) is 36.1 Å². The Morgan fingerprint density at radius 1 is 1.06 bits per heavy atom. The second kappa shape index (κ2) is 12.7. The van der Waals surface area contributed by atoms with Gasteiger partial charge < -0.3 is 9.90 Å². The van der Waals surface area contributed by atoms with Crippen molar-refractivity contribution >= 4 is 12.6 Å². The van der Waals surface area contributed by atoms with Crippen LogP contribution in [0, 0.1) is 0 Å². The molecular formula is C32H39NO3. The van der Waals surface area contributed by atoms with Crippen molar-refractivity contribution in [2.45, 2.75) is 77.0 Å². The third-order valence-corrected chi connectivity index (χ3v) is 7.27. The molecule has 3 aromatic rings.